The number of benzene rings is 2. The van der Waals surface area contributed by atoms with Gasteiger partial charge in [-0.15, -0.1) is 11.8 Å². The summed E-state index contributed by atoms with van der Waals surface area (Å²) in [4.78, 5) is 16.9. The quantitative estimate of drug-likeness (QED) is 0.378. The van der Waals surface area contributed by atoms with Crippen molar-refractivity contribution in [2.45, 2.75) is 29.3 Å². The van der Waals surface area contributed by atoms with Crippen LogP contribution in [0.4, 0.5) is 13.2 Å². The Balaban J connectivity index is 1.42. The lowest BCUT2D eigenvalue weighted by atomic mass is 9.95. The van der Waals surface area contributed by atoms with Crippen LogP contribution in [0.2, 0.25) is 5.02 Å². The lowest BCUT2D eigenvalue weighted by Gasteiger charge is -2.16. The molecular formula is C22H18ClF3N2OS. The molecule has 3 nitrogen and oxygen atoms in total. The average Bonchev–Trinajstić information content (AvgIpc) is 3.52. The van der Waals surface area contributed by atoms with E-state index in [-0.39, 0.29) is 5.91 Å². The third-order valence-electron chi connectivity index (χ3n) is 5.20. The molecule has 0 spiro atoms. The van der Waals surface area contributed by atoms with E-state index in [1.54, 1.807) is 36.4 Å². The molecule has 0 radical (unpaired) electrons. The Hall–Kier alpha value is -2.25. The molecule has 0 unspecified atom stereocenters. The Bertz CT molecular complexity index is 1080. The number of aromatic nitrogens is 1. The number of pyridine rings is 1. The number of hydrogen-bond donors (Lipinski definition) is 1. The summed E-state index contributed by atoms with van der Waals surface area (Å²) in [6, 6.07) is 15.1. The maximum atomic E-state index is 13.2. The van der Waals surface area contributed by atoms with Crippen molar-refractivity contribution in [3.05, 3.63) is 70.9 Å². The Labute approximate surface area is 181 Å². The smallest absolute Gasteiger partial charge is 0.354 e. The number of hydrogen-bond acceptors (Lipinski definition) is 3. The minimum atomic E-state index is -4.51. The van der Waals surface area contributed by atoms with Crippen molar-refractivity contribution in [2.24, 2.45) is 0 Å². The summed E-state index contributed by atoms with van der Waals surface area (Å²) in [5.74, 6) is 0.397. The lowest BCUT2D eigenvalue weighted by Crippen LogP contribution is -2.36. The molecule has 1 N–H and O–H groups in total. The highest BCUT2D eigenvalue weighted by molar-refractivity contribution is 7.99. The zero-order chi connectivity index (χ0) is 21.4. The van der Waals surface area contributed by atoms with Crippen molar-refractivity contribution in [1.29, 1.82) is 0 Å². The molecule has 0 bridgehead atoms. The second-order valence-electron chi connectivity index (χ2n) is 7.21. The van der Waals surface area contributed by atoms with Gasteiger partial charge in [0, 0.05) is 27.6 Å². The van der Waals surface area contributed by atoms with Gasteiger partial charge >= 0.3 is 6.18 Å². The second-order valence-corrected chi connectivity index (χ2v) is 8.79. The standard InChI is InChI=1S/C22H18ClF3N2OS/c23-15-7-5-14(6-8-15)21(9-10-21)20(29)27-11-12-30-18-13-19(22(24,25)26)28-17-4-2-1-3-16(17)18/h1-8,13H,9-12H2,(H,27,29). The Morgan fingerprint density at radius 2 is 1.83 bits per heavy atom. The number of carbonyl (C=O) groups is 1. The predicted molar refractivity (Wildman–Crippen MR) is 113 cm³/mol. The van der Waals surface area contributed by atoms with Crippen LogP contribution in [-0.4, -0.2) is 23.2 Å². The van der Waals surface area contributed by atoms with E-state index >= 15 is 0 Å². The zero-order valence-corrected chi connectivity index (χ0v) is 17.4. The molecule has 0 saturated heterocycles. The highest BCUT2D eigenvalue weighted by Gasteiger charge is 2.50. The van der Waals surface area contributed by atoms with Crippen molar-refractivity contribution in [3.63, 3.8) is 0 Å². The maximum absolute atomic E-state index is 13.2. The molecule has 3 aromatic rings. The Morgan fingerprint density at radius 1 is 1.13 bits per heavy atom. The molecule has 1 heterocycles. The fraction of sp³-hybridized carbons (Fsp3) is 0.273. The minimum Gasteiger partial charge on any atom is -0.354 e. The van der Waals surface area contributed by atoms with Crippen LogP contribution in [-0.2, 0) is 16.4 Å². The molecule has 1 amide bonds. The van der Waals surface area contributed by atoms with Gasteiger partial charge in [-0.25, -0.2) is 4.98 Å². The van der Waals surface area contributed by atoms with E-state index in [4.69, 9.17) is 11.6 Å². The number of alkyl halides is 3. The second kappa shape index (κ2) is 8.12. The maximum Gasteiger partial charge on any atom is 0.433 e. The van der Waals surface area contributed by atoms with Crippen LogP contribution >= 0.6 is 23.4 Å². The number of thioether (sulfide) groups is 1. The Morgan fingerprint density at radius 3 is 2.50 bits per heavy atom. The molecule has 1 saturated carbocycles. The van der Waals surface area contributed by atoms with Crippen molar-refractivity contribution in [2.75, 3.05) is 12.3 Å². The number of nitrogens with zero attached hydrogens (tertiary/aromatic N) is 1. The monoisotopic (exact) mass is 450 g/mol. The van der Waals surface area contributed by atoms with Gasteiger partial charge in [0.15, 0.2) is 0 Å². The van der Waals surface area contributed by atoms with Gasteiger partial charge in [0.25, 0.3) is 0 Å². The lowest BCUT2D eigenvalue weighted by molar-refractivity contribution is -0.141. The third kappa shape index (κ3) is 4.27. The van der Waals surface area contributed by atoms with E-state index in [1.807, 2.05) is 12.1 Å². The highest BCUT2D eigenvalue weighted by atomic mass is 35.5. The van der Waals surface area contributed by atoms with Crippen LogP contribution in [0.3, 0.4) is 0 Å². The zero-order valence-electron chi connectivity index (χ0n) is 15.8. The molecule has 4 rings (SSSR count). The Kier molecular flexibility index (Phi) is 5.68. The molecule has 8 heteroatoms. The summed E-state index contributed by atoms with van der Waals surface area (Å²) in [5.41, 5.74) is -0.180. The van der Waals surface area contributed by atoms with E-state index in [0.29, 0.717) is 33.1 Å². The number of fused-ring (bicyclic) bond motifs is 1. The van der Waals surface area contributed by atoms with Crippen LogP contribution < -0.4 is 5.32 Å². The molecule has 1 aliphatic carbocycles. The molecule has 0 aliphatic heterocycles. The largest absolute Gasteiger partial charge is 0.433 e. The first-order valence-electron chi connectivity index (χ1n) is 9.44. The van der Waals surface area contributed by atoms with Gasteiger partial charge in [-0.1, -0.05) is 41.9 Å². The first-order valence-corrected chi connectivity index (χ1v) is 10.8. The van der Waals surface area contributed by atoms with Gasteiger partial charge in [0.1, 0.15) is 5.69 Å². The number of amides is 1. The van der Waals surface area contributed by atoms with Crippen molar-refractivity contribution in [3.8, 4) is 0 Å². The highest BCUT2D eigenvalue weighted by Crippen LogP contribution is 2.48. The van der Waals surface area contributed by atoms with Gasteiger partial charge in [-0.05, 0) is 42.7 Å². The van der Waals surface area contributed by atoms with E-state index < -0.39 is 17.3 Å². The summed E-state index contributed by atoms with van der Waals surface area (Å²) in [7, 11) is 0. The topological polar surface area (TPSA) is 42.0 Å². The van der Waals surface area contributed by atoms with Crippen LogP contribution in [0.1, 0.15) is 24.1 Å². The molecule has 1 fully saturated rings. The van der Waals surface area contributed by atoms with Crippen molar-refractivity contribution < 1.29 is 18.0 Å². The SMILES string of the molecule is O=C(NCCSc1cc(C(F)(F)F)nc2ccccc12)C1(c2ccc(Cl)cc2)CC1. The number of halogens is 4. The van der Waals surface area contributed by atoms with Crippen LogP contribution in [0.15, 0.2) is 59.5 Å². The van der Waals surface area contributed by atoms with Gasteiger partial charge in [-0.2, -0.15) is 13.2 Å². The van der Waals surface area contributed by atoms with Crippen LogP contribution in [0, 0.1) is 0 Å². The van der Waals surface area contributed by atoms with E-state index in [1.165, 1.54) is 11.8 Å². The minimum absolute atomic E-state index is 0.0546. The molecule has 1 aliphatic rings. The van der Waals surface area contributed by atoms with Crippen LogP contribution in [0.5, 0.6) is 0 Å². The van der Waals surface area contributed by atoms with Crippen LogP contribution in [0.25, 0.3) is 10.9 Å². The fourth-order valence-electron chi connectivity index (χ4n) is 3.44. The fourth-order valence-corrected chi connectivity index (χ4v) is 4.52. The molecule has 0 atom stereocenters. The number of para-hydroxylation sites is 1. The van der Waals surface area contributed by atoms with Gasteiger partial charge in [0.2, 0.25) is 5.91 Å². The number of carbonyl (C=O) groups excluding carboxylic acids is 1. The summed E-state index contributed by atoms with van der Waals surface area (Å²) in [5, 5.41) is 4.22. The molecule has 156 valence electrons. The first-order chi connectivity index (χ1) is 14.3. The van der Waals surface area contributed by atoms with E-state index in [0.717, 1.165) is 24.5 Å². The summed E-state index contributed by atoms with van der Waals surface area (Å²) < 4.78 is 39.5. The van der Waals surface area contributed by atoms with Crippen molar-refractivity contribution in [1.82, 2.24) is 10.3 Å². The van der Waals surface area contributed by atoms with Crippen molar-refractivity contribution >= 4 is 40.2 Å². The summed E-state index contributed by atoms with van der Waals surface area (Å²) in [6.45, 7) is 0.358. The summed E-state index contributed by atoms with van der Waals surface area (Å²) in [6.07, 6.45) is -2.96. The average molecular weight is 451 g/mol. The first kappa shape index (κ1) is 21.0. The number of rotatable bonds is 6. The van der Waals surface area contributed by atoms with E-state index in [2.05, 4.69) is 10.3 Å². The number of nitrogens with one attached hydrogen (secondary N) is 1. The molecule has 2 aromatic carbocycles. The van der Waals surface area contributed by atoms with Gasteiger partial charge in [-0.3, -0.25) is 4.79 Å². The third-order valence-corrected chi connectivity index (χ3v) is 6.50. The van der Waals surface area contributed by atoms with Gasteiger partial charge in [0.05, 0.1) is 10.9 Å². The summed E-state index contributed by atoms with van der Waals surface area (Å²) >= 11 is 7.20. The van der Waals surface area contributed by atoms with E-state index in [9.17, 15) is 18.0 Å². The normalized spacial score (nSPS) is 15.2. The van der Waals surface area contributed by atoms with Gasteiger partial charge < -0.3 is 5.32 Å². The molecule has 1 aromatic heterocycles. The molecule has 30 heavy (non-hydrogen) atoms. The predicted octanol–water partition coefficient (Wildman–Crippen LogP) is 5.85. The molecular weight excluding hydrogens is 433 g/mol.